The largest absolute Gasteiger partial charge is 0.357 e. The zero-order valence-electron chi connectivity index (χ0n) is 14.4. The van der Waals surface area contributed by atoms with E-state index in [1.807, 2.05) is 6.08 Å². The SMILES string of the molecule is C=CCNC(=NCc1ccccc1CN(C)C(C)C)NCC. The molecule has 0 heterocycles. The highest BCUT2D eigenvalue weighted by Gasteiger charge is 2.08. The van der Waals surface area contributed by atoms with Gasteiger partial charge in [-0.25, -0.2) is 4.99 Å². The highest BCUT2D eigenvalue weighted by Crippen LogP contribution is 2.13. The number of nitrogens with zero attached hydrogens (tertiary/aromatic N) is 2. The first-order chi connectivity index (χ1) is 10.6. The topological polar surface area (TPSA) is 39.7 Å². The number of hydrogen-bond donors (Lipinski definition) is 2. The summed E-state index contributed by atoms with van der Waals surface area (Å²) in [6.07, 6.45) is 1.83. The van der Waals surface area contributed by atoms with Gasteiger partial charge in [-0.05, 0) is 38.9 Å². The van der Waals surface area contributed by atoms with Crippen LogP contribution in [0, 0.1) is 0 Å². The smallest absolute Gasteiger partial charge is 0.191 e. The van der Waals surface area contributed by atoms with Crippen LogP contribution in [0.3, 0.4) is 0 Å². The Labute approximate surface area is 135 Å². The molecule has 22 heavy (non-hydrogen) atoms. The maximum absolute atomic E-state index is 4.66. The zero-order chi connectivity index (χ0) is 16.4. The van der Waals surface area contributed by atoms with Crippen LogP contribution in [-0.4, -0.2) is 37.0 Å². The number of benzene rings is 1. The van der Waals surface area contributed by atoms with E-state index in [9.17, 15) is 0 Å². The minimum atomic E-state index is 0.531. The van der Waals surface area contributed by atoms with E-state index in [4.69, 9.17) is 0 Å². The van der Waals surface area contributed by atoms with Crippen LogP contribution in [0.1, 0.15) is 31.9 Å². The van der Waals surface area contributed by atoms with Crippen LogP contribution in [0.4, 0.5) is 0 Å². The van der Waals surface area contributed by atoms with Crippen LogP contribution in [0.5, 0.6) is 0 Å². The van der Waals surface area contributed by atoms with Gasteiger partial charge >= 0.3 is 0 Å². The van der Waals surface area contributed by atoms with E-state index in [0.29, 0.717) is 19.1 Å². The van der Waals surface area contributed by atoms with Gasteiger partial charge in [0.2, 0.25) is 0 Å². The predicted octanol–water partition coefficient (Wildman–Crippen LogP) is 2.77. The Morgan fingerprint density at radius 2 is 1.95 bits per heavy atom. The number of aliphatic imine (C=N–C) groups is 1. The first kappa shape index (κ1) is 18.2. The molecule has 0 bridgehead atoms. The Kier molecular flexibility index (Phi) is 8.30. The molecule has 0 aliphatic carbocycles. The van der Waals surface area contributed by atoms with Gasteiger partial charge in [0.25, 0.3) is 0 Å². The molecule has 0 aliphatic rings. The van der Waals surface area contributed by atoms with Gasteiger partial charge in [0, 0.05) is 25.7 Å². The Hall–Kier alpha value is -1.81. The molecule has 4 heteroatoms. The van der Waals surface area contributed by atoms with E-state index in [1.165, 1.54) is 11.1 Å². The molecule has 0 saturated carbocycles. The van der Waals surface area contributed by atoms with Crippen molar-refractivity contribution in [2.24, 2.45) is 4.99 Å². The van der Waals surface area contributed by atoms with Gasteiger partial charge < -0.3 is 10.6 Å². The van der Waals surface area contributed by atoms with Crippen molar-refractivity contribution >= 4 is 5.96 Å². The monoisotopic (exact) mass is 302 g/mol. The van der Waals surface area contributed by atoms with Gasteiger partial charge in [0.15, 0.2) is 5.96 Å². The average molecular weight is 302 g/mol. The van der Waals surface area contributed by atoms with Gasteiger partial charge in [-0.1, -0.05) is 30.3 Å². The molecule has 1 rings (SSSR count). The Balaban J connectivity index is 2.80. The number of rotatable bonds is 8. The van der Waals surface area contributed by atoms with Crippen molar-refractivity contribution in [3.05, 3.63) is 48.0 Å². The molecular weight excluding hydrogens is 272 g/mol. The van der Waals surface area contributed by atoms with Crippen molar-refractivity contribution in [2.45, 2.75) is 39.9 Å². The molecule has 0 radical (unpaired) electrons. The molecule has 0 atom stereocenters. The standard InChI is InChI=1S/C18H30N4/c1-6-12-20-18(19-7-2)21-13-16-10-8-9-11-17(16)14-22(5)15(3)4/h6,8-11,15H,1,7,12-14H2,2-5H3,(H2,19,20,21). The summed E-state index contributed by atoms with van der Waals surface area (Å²) in [5.74, 6) is 0.828. The third-order valence-electron chi connectivity index (χ3n) is 3.59. The van der Waals surface area contributed by atoms with E-state index in [0.717, 1.165) is 19.0 Å². The summed E-state index contributed by atoms with van der Waals surface area (Å²) in [6, 6.07) is 9.05. The summed E-state index contributed by atoms with van der Waals surface area (Å²) >= 11 is 0. The summed E-state index contributed by atoms with van der Waals surface area (Å²) in [5.41, 5.74) is 2.60. The maximum atomic E-state index is 4.66. The van der Waals surface area contributed by atoms with E-state index in [1.54, 1.807) is 0 Å². The summed E-state index contributed by atoms with van der Waals surface area (Å²) in [5, 5.41) is 6.48. The third kappa shape index (κ3) is 6.31. The summed E-state index contributed by atoms with van der Waals surface area (Å²) < 4.78 is 0. The summed E-state index contributed by atoms with van der Waals surface area (Å²) in [7, 11) is 2.15. The van der Waals surface area contributed by atoms with E-state index in [-0.39, 0.29) is 0 Å². The Morgan fingerprint density at radius 3 is 2.55 bits per heavy atom. The van der Waals surface area contributed by atoms with Gasteiger partial charge in [0.1, 0.15) is 0 Å². The predicted molar refractivity (Wildman–Crippen MR) is 96.1 cm³/mol. The second-order valence-corrected chi connectivity index (χ2v) is 5.64. The normalized spacial score (nSPS) is 11.8. The van der Waals surface area contributed by atoms with Gasteiger partial charge in [-0.15, -0.1) is 6.58 Å². The molecule has 0 amide bonds. The Morgan fingerprint density at radius 1 is 1.27 bits per heavy atom. The van der Waals surface area contributed by atoms with Crippen LogP contribution < -0.4 is 10.6 Å². The lowest BCUT2D eigenvalue weighted by Crippen LogP contribution is -2.37. The van der Waals surface area contributed by atoms with Crippen molar-refractivity contribution in [3.63, 3.8) is 0 Å². The van der Waals surface area contributed by atoms with Crippen LogP contribution in [-0.2, 0) is 13.1 Å². The molecule has 1 aromatic rings. The van der Waals surface area contributed by atoms with Gasteiger partial charge in [-0.2, -0.15) is 0 Å². The van der Waals surface area contributed by atoms with Crippen molar-refractivity contribution in [2.75, 3.05) is 20.1 Å². The molecule has 0 unspecified atom stereocenters. The molecule has 0 fully saturated rings. The maximum Gasteiger partial charge on any atom is 0.191 e. The van der Waals surface area contributed by atoms with E-state index < -0.39 is 0 Å². The Bertz CT molecular complexity index is 480. The minimum absolute atomic E-state index is 0.531. The molecule has 0 aromatic heterocycles. The van der Waals surface area contributed by atoms with Crippen molar-refractivity contribution in [1.29, 1.82) is 0 Å². The summed E-state index contributed by atoms with van der Waals surface area (Å²) in [6.45, 7) is 13.4. The molecule has 2 N–H and O–H groups in total. The lowest BCUT2D eigenvalue weighted by Gasteiger charge is -2.22. The second-order valence-electron chi connectivity index (χ2n) is 5.64. The van der Waals surface area contributed by atoms with Crippen LogP contribution in [0.25, 0.3) is 0 Å². The van der Waals surface area contributed by atoms with Crippen LogP contribution in [0.2, 0.25) is 0 Å². The van der Waals surface area contributed by atoms with Crippen LogP contribution >= 0.6 is 0 Å². The fraction of sp³-hybridized carbons (Fsp3) is 0.500. The highest BCUT2D eigenvalue weighted by molar-refractivity contribution is 5.79. The number of nitrogens with one attached hydrogen (secondary N) is 2. The highest BCUT2D eigenvalue weighted by atomic mass is 15.2. The number of hydrogen-bond acceptors (Lipinski definition) is 2. The fourth-order valence-corrected chi connectivity index (χ4v) is 1.99. The summed E-state index contributed by atoms with van der Waals surface area (Å²) in [4.78, 5) is 7.00. The third-order valence-corrected chi connectivity index (χ3v) is 3.59. The first-order valence-electron chi connectivity index (χ1n) is 7.98. The lowest BCUT2D eigenvalue weighted by molar-refractivity contribution is 0.265. The molecule has 1 aromatic carbocycles. The van der Waals surface area contributed by atoms with E-state index >= 15 is 0 Å². The van der Waals surface area contributed by atoms with Gasteiger partial charge in [0.05, 0.1) is 6.54 Å². The minimum Gasteiger partial charge on any atom is -0.357 e. The molecule has 122 valence electrons. The first-order valence-corrected chi connectivity index (χ1v) is 7.98. The average Bonchev–Trinajstić information content (AvgIpc) is 2.51. The lowest BCUT2D eigenvalue weighted by atomic mass is 10.1. The molecule has 0 spiro atoms. The fourth-order valence-electron chi connectivity index (χ4n) is 1.99. The van der Waals surface area contributed by atoms with Crippen LogP contribution in [0.15, 0.2) is 41.9 Å². The van der Waals surface area contributed by atoms with Crippen molar-refractivity contribution < 1.29 is 0 Å². The molecule has 0 aliphatic heterocycles. The number of guanidine groups is 1. The van der Waals surface area contributed by atoms with Crippen molar-refractivity contribution in [1.82, 2.24) is 15.5 Å². The molecular formula is C18H30N4. The quantitative estimate of drug-likeness (QED) is 0.441. The second kappa shape index (κ2) is 10.0. The molecule has 4 nitrogen and oxygen atoms in total. The van der Waals surface area contributed by atoms with Gasteiger partial charge in [-0.3, -0.25) is 4.90 Å². The zero-order valence-corrected chi connectivity index (χ0v) is 14.4. The van der Waals surface area contributed by atoms with Crippen molar-refractivity contribution in [3.8, 4) is 0 Å². The van der Waals surface area contributed by atoms with E-state index in [2.05, 4.69) is 79.2 Å². The molecule has 0 saturated heterocycles.